The Morgan fingerprint density at radius 1 is 1.03 bits per heavy atom. The van der Waals surface area contributed by atoms with Crippen molar-refractivity contribution in [2.45, 2.75) is 82.3 Å². The summed E-state index contributed by atoms with van der Waals surface area (Å²) in [5.41, 5.74) is -0.976. The van der Waals surface area contributed by atoms with E-state index in [0.717, 1.165) is 31.4 Å². The van der Waals surface area contributed by atoms with Crippen molar-refractivity contribution < 1.29 is 47.9 Å². The van der Waals surface area contributed by atoms with E-state index in [9.17, 15) is 38.1 Å². The first-order valence-corrected chi connectivity index (χ1v) is 11.1. The van der Waals surface area contributed by atoms with E-state index in [1.165, 1.54) is 6.07 Å². The van der Waals surface area contributed by atoms with E-state index < -0.39 is 42.0 Å². The maximum Gasteiger partial charge on any atom is 0.416 e. The Kier molecular flexibility index (Phi) is 10.1. The van der Waals surface area contributed by atoms with Crippen LogP contribution in [0.2, 0.25) is 0 Å². The summed E-state index contributed by atoms with van der Waals surface area (Å²) in [5.74, 6) is -2.81. The van der Waals surface area contributed by atoms with Gasteiger partial charge in [0.15, 0.2) is 6.10 Å². The van der Waals surface area contributed by atoms with Crippen molar-refractivity contribution in [1.82, 2.24) is 0 Å². The van der Waals surface area contributed by atoms with Crippen LogP contribution in [0, 0.1) is 11.8 Å². The van der Waals surface area contributed by atoms with E-state index in [4.69, 9.17) is 9.84 Å². The number of aliphatic hydroxyl groups is 3. The molecule has 7 nitrogen and oxygen atoms in total. The van der Waals surface area contributed by atoms with Crippen LogP contribution >= 0.6 is 0 Å². The summed E-state index contributed by atoms with van der Waals surface area (Å²) in [4.78, 5) is 22.7. The quantitative estimate of drug-likeness (QED) is 0.207. The first-order chi connectivity index (χ1) is 15.5. The Balaban J connectivity index is 1.83. The topological polar surface area (TPSA) is 124 Å². The van der Waals surface area contributed by atoms with Crippen LogP contribution in [-0.2, 0) is 15.8 Å². The SMILES string of the molecule is O=C(O)CCCCCC[C@@H]1[C@@H](CCC(O)C(=O)Oc2cccc(C(F)(F)F)c2)[C@H](O)C[C@@H]1O. The minimum atomic E-state index is -4.59. The van der Waals surface area contributed by atoms with E-state index in [1.807, 2.05) is 0 Å². The fraction of sp³-hybridized carbons (Fsp3) is 0.652. The molecule has 5 atom stereocenters. The number of alkyl halides is 3. The highest BCUT2D eigenvalue weighted by Crippen LogP contribution is 2.39. The Hall–Kier alpha value is -2.17. The number of carboxylic acids is 1. The average molecular weight is 476 g/mol. The van der Waals surface area contributed by atoms with Crippen LogP contribution in [0.5, 0.6) is 5.75 Å². The van der Waals surface area contributed by atoms with E-state index in [1.54, 1.807) is 0 Å². The summed E-state index contributed by atoms with van der Waals surface area (Å²) in [7, 11) is 0. The van der Waals surface area contributed by atoms with Gasteiger partial charge in [0.1, 0.15) is 5.75 Å². The van der Waals surface area contributed by atoms with Crippen LogP contribution in [0.25, 0.3) is 0 Å². The summed E-state index contributed by atoms with van der Waals surface area (Å²) in [6, 6.07) is 3.80. The van der Waals surface area contributed by atoms with E-state index in [-0.39, 0.29) is 43.3 Å². The van der Waals surface area contributed by atoms with Crippen molar-refractivity contribution >= 4 is 11.9 Å². The zero-order chi connectivity index (χ0) is 24.6. The van der Waals surface area contributed by atoms with Crippen molar-refractivity contribution in [2.75, 3.05) is 0 Å². The molecule has 1 fully saturated rings. The third-order valence-electron chi connectivity index (χ3n) is 6.12. The predicted octanol–water partition coefficient (Wildman–Crippen LogP) is 3.54. The fourth-order valence-corrected chi connectivity index (χ4v) is 4.38. The van der Waals surface area contributed by atoms with Gasteiger partial charge in [-0.25, -0.2) is 4.79 Å². The molecule has 1 aromatic carbocycles. The molecule has 10 heteroatoms. The zero-order valence-electron chi connectivity index (χ0n) is 18.2. The van der Waals surface area contributed by atoms with Gasteiger partial charge in [-0.3, -0.25) is 4.79 Å². The first kappa shape index (κ1) is 27.1. The highest BCUT2D eigenvalue weighted by Gasteiger charge is 2.41. The lowest BCUT2D eigenvalue weighted by atomic mass is 9.85. The Bertz CT molecular complexity index is 784. The molecule has 186 valence electrons. The van der Waals surface area contributed by atoms with Gasteiger partial charge in [0.05, 0.1) is 17.8 Å². The van der Waals surface area contributed by atoms with Crippen molar-refractivity contribution in [3.63, 3.8) is 0 Å². The summed E-state index contributed by atoms with van der Waals surface area (Å²) >= 11 is 0. The third kappa shape index (κ3) is 8.60. The smallest absolute Gasteiger partial charge is 0.416 e. The molecule has 2 rings (SSSR count). The molecule has 1 aliphatic carbocycles. The van der Waals surface area contributed by atoms with Crippen LogP contribution in [0.3, 0.4) is 0 Å². The lowest BCUT2D eigenvalue weighted by Gasteiger charge is -2.24. The molecule has 4 N–H and O–H groups in total. The second-order valence-corrected chi connectivity index (χ2v) is 8.58. The first-order valence-electron chi connectivity index (χ1n) is 11.1. The molecule has 1 aromatic rings. The number of aliphatic hydroxyl groups excluding tert-OH is 3. The van der Waals surface area contributed by atoms with Crippen LogP contribution in [-0.4, -0.2) is 50.7 Å². The lowest BCUT2D eigenvalue weighted by Crippen LogP contribution is -2.29. The highest BCUT2D eigenvalue weighted by molar-refractivity contribution is 5.76. The Labute approximate surface area is 190 Å². The van der Waals surface area contributed by atoms with Crippen molar-refractivity contribution in [3.8, 4) is 5.75 Å². The molecule has 0 amide bonds. The predicted molar refractivity (Wildman–Crippen MR) is 111 cm³/mol. The van der Waals surface area contributed by atoms with Crippen LogP contribution in [0.1, 0.15) is 63.4 Å². The minimum absolute atomic E-state index is 0.0681. The standard InChI is InChI=1S/C23H31F3O7/c24-23(25,26)14-6-5-7-15(12-14)33-22(32)18(27)11-10-17-16(19(28)13-20(17)29)8-3-1-2-4-9-21(30)31/h5-7,12,16-20,27-29H,1-4,8-11,13H2,(H,30,31)/t16-,17-,18?,19+,20-/m1/s1. The maximum absolute atomic E-state index is 12.8. The number of esters is 1. The molecule has 1 saturated carbocycles. The van der Waals surface area contributed by atoms with Crippen molar-refractivity contribution in [2.24, 2.45) is 11.8 Å². The number of halogens is 3. The number of rotatable bonds is 12. The van der Waals surface area contributed by atoms with Crippen LogP contribution < -0.4 is 4.74 Å². The van der Waals surface area contributed by atoms with E-state index >= 15 is 0 Å². The molecule has 0 spiro atoms. The molecular formula is C23H31F3O7. The molecule has 0 bridgehead atoms. The number of aliphatic carboxylic acids is 1. The van der Waals surface area contributed by atoms with Gasteiger partial charge in [0.25, 0.3) is 0 Å². The van der Waals surface area contributed by atoms with Gasteiger partial charge in [0.2, 0.25) is 0 Å². The van der Waals surface area contributed by atoms with Gasteiger partial charge in [-0.15, -0.1) is 0 Å². The summed E-state index contributed by atoms with van der Waals surface area (Å²) in [6.07, 6.45) is -3.69. The number of carbonyl (C=O) groups excluding carboxylic acids is 1. The molecule has 0 heterocycles. The van der Waals surface area contributed by atoms with Gasteiger partial charge in [-0.05, 0) is 62.1 Å². The number of benzene rings is 1. The van der Waals surface area contributed by atoms with Gasteiger partial charge < -0.3 is 25.2 Å². The minimum Gasteiger partial charge on any atom is -0.481 e. The van der Waals surface area contributed by atoms with Crippen molar-refractivity contribution in [1.29, 1.82) is 0 Å². The van der Waals surface area contributed by atoms with Gasteiger partial charge in [-0.1, -0.05) is 25.3 Å². The van der Waals surface area contributed by atoms with Gasteiger partial charge in [-0.2, -0.15) is 13.2 Å². The van der Waals surface area contributed by atoms with Crippen molar-refractivity contribution in [3.05, 3.63) is 29.8 Å². The Morgan fingerprint density at radius 2 is 1.67 bits per heavy atom. The number of carbonyl (C=O) groups is 2. The number of carboxylic acid groups (broad SMARTS) is 1. The molecule has 0 radical (unpaired) electrons. The monoisotopic (exact) mass is 476 g/mol. The maximum atomic E-state index is 12.8. The molecule has 0 aliphatic heterocycles. The fourth-order valence-electron chi connectivity index (χ4n) is 4.38. The highest BCUT2D eigenvalue weighted by atomic mass is 19.4. The molecule has 1 unspecified atom stereocenters. The molecular weight excluding hydrogens is 445 g/mol. The molecule has 1 aliphatic rings. The number of unbranched alkanes of at least 4 members (excludes halogenated alkanes) is 3. The van der Waals surface area contributed by atoms with E-state index in [2.05, 4.69) is 0 Å². The van der Waals surface area contributed by atoms with E-state index in [0.29, 0.717) is 18.9 Å². The van der Waals surface area contributed by atoms with Crippen LogP contribution in [0.4, 0.5) is 13.2 Å². The molecule has 33 heavy (non-hydrogen) atoms. The number of ether oxygens (including phenoxy) is 1. The zero-order valence-corrected chi connectivity index (χ0v) is 18.2. The number of hydrogen-bond acceptors (Lipinski definition) is 6. The second-order valence-electron chi connectivity index (χ2n) is 8.58. The van der Waals surface area contributed by atoms with Gasteiger partial charge >= 0.3 is 18.1 Å². The lowest BCUT2D eigenvalue weighted by molar-refractivity contribution is -0.145. The molecule has 0 aromatic heterocycles. The number of hydrogen-bond donors (Lipinski definition) is 4. The summed E-state index contributed by atoms with van der Waals surface area (Å²) < 4.78 is 43.2. The largest absolute Gasteiger partial charge is 0.481 e. The van der Waals surface area contributed by atoms with Gasteiger partial charge in [0, 0.05) is 6.42 Å². The van der Waals surface area contributed by atoms with Crippen LogP contribution in [0.15, 0.2) is 24.3 Å². The summed E-state index contributed by atoms with van der Waals surface area (Å²) in [5, 5.41) is 39.4. The average Bonchev–Trinajstić information content (AvgIpc) is 3.00. The Morgan fingerprint density at radius 3 is 2.30 bits per heavy atom. The normalized spacial score (nSPS) is 23.9. The third-order valence-corrected chi connectivity index (χ3v) is 6.12. The second kappa shape index (κ2) is 12.3. The molecule has 0 saturated heterocycles. The summed E-state index contributed by atoms with van der Waals surface area (Å²) in [6.45, 7) is 0.